The first-order valence-corrected chi connectivity index (χ1v) is 9.77. The summed E-state index contributed by atoms with van der Waals surface area (Å²) in [6, 6.07) is -0.152. The Morgan fingerprint density at radius 2 is 1.90 bits per heavy atom. The minimum atomic E-state index is -3.29. The quantitative estimate of drug-likeness (QED) is 0.770. The topological polar surface area (TPSA) is 69.7 Å². The lowest BCUT2D eigenvalue weighted by Gasteiger charge is -2.28. The van der Waals surface area contributed by atoms with Crippen molar-refractivity contribution in [3.63, 3.8) is 0 Å². The number of hydrogen-bond donors (Lipinski definition) is 1. The Labute approximate surface area is 127 Å². The average Bonchev–Trinajstić information content (AvgIpc) is 3.09. The summed E-state index contributed by atoms with van der Waals surface area (Å²) < 4.78 is 24.7. The number of nitrogens with zero attached hydrogens (tertiary/aromatic N) is 2. The number of sulfonamides is 1. The number of nitrogens with one attached hydrogen (secondary N) is 1. The monoisotopic (exact) mass is 317 g/mol. The molecule has 6 nitrogen and oxygen atoms in total. The lowest BCUT2D eigenvalue weighted by Crippen LogP contribution is -2.49. The predicted molar refractivity (Wildman–Crippen MR) is 82.5 cm³/mol. The summed E-state index contributed by atoms with van der Waals surface area (Å²) in [5, 5.41) is 2.97. The molecule has 2 atom stereocenters. The van der Waals surface area contributed by atoms with Crippen LogP contribution in [0.25, 0.3) is 0 Å². The molecule has 0 bridgehead atoms. The second kappa shape index (κ2) is 7.07. The summed E-state index contributed by atoms with van der Waals surface area (Å²) in [5.74, 6) is -0.143. The molecule has 7 heteroatoms. The molecule has 0 spiro atoms. The highest BCUT2D eigenvalue weighted by Crippen LogP contribution is 2.20. The van der Waals surface area contributed by atoms with Crippen LogP contribution in [-0.2, 0) is 14.8 Å². The molecule has 0 aromatic heterocycles. The summed E-state index contributed by atoms with van der Waals surface area (Å²) >= 11 is 0. The van der Waals surface area contributed by atoms with E-state index in [0.29, 0.717) is 25.6 Å². The summed E-state index contributed by atoms with van der Waals surface area (Å²) in [7, 11) is -3.29. The summed E-state index contributed by atoms with van der Waals surface area (Å²) in [5.41, 5.74) is 0. The number of carbonyl (C=O) groups excluding carboxylic acids is 1. The molecule has 0 aromatic carbocycles. The number of hydrogen-bond acceptors (Lipinski definition) is 4. The molecule has 0 aromatic rings. The van der Waals surface area contributed by atoms with Gasteiger partial charge in [0.05, 0.1) is 6.26 Å². The fraction of sp³-hybridized carbons (Fsp3) is 0.929. The van der Waals surface area contributed by atoms with E-state index in [-0.39, 0.29) is 5.91 Å². The first-order chi connectivity index (χ1) is 9.93. The molecule has 1 N–H and O–H groups in total. The van der Waals surface area contributed by atoms with Crippen molar-refractivity contribution in [3.05, 3.63) is 0 Å². The fourth-order valence-corrected chi connectivity index (χ4v) is 4.50. The molecule has 0 radical (unpaired) electrons. The van der Waals surface area contributed by atoms with Gasteiger partial charge in [0.25, 0.3) is 0 Å². The van der Waals surface area contributed by atoms with E-state index in [1.807, 2.05) is 0 Å². The van der Waals surface area contributed by atoms with Crippen LogP contribution in [0.2, 0.25) is 0 Å². The average molecular weight is 317 g/mol. The smallest absolute Gasteiger partial charge is 0.238 e. The van der Waals surface area contributed by atoms with E-state index in [2.05, 4.69) is 17.1 Å². The summed E-state index contributed by atoms with van der Waals surface area (Å²) in [4.78, 5) is 14.7. The van der Waals surface area contributed by atoms with Crippen molar-refractivity contribution in [3.8, 4) is 0 Å². The standard InChI is InChI=1S/C14H27N3O3S/c1-3-12(16-8-4-5-9-16)11-15-14(18)13-7-6-10-17(13)21(2,19)20/h12-13H,3-11H2,1-2H3,(H,15,18). The van der Waals surface area contributed by atoms with Gasteiger partial charge in [-0.3, -0.25) is 9.69 Å². The van der Waals surface area contributed by atoms with Crippen LogP contribution < -0.4 is 5.32 Å². The van der Waals surface area contributed by atoms with Gasteiger partial charge in [-0.15, -0.1) is 0 Å². The van der Waals surface area contributed by atoms with Crippen LogP contribution in [0.5, 0.6) is 0 Å². The zero-order valence-electron chi connectivity index (χ0n) is 13.0. The molecule has 2 fully saturated rings. The van der Waals surface area contributed by atoms with Crippen LogP contribution in [0.4, 0.5) is 0 Å². The third-order valence-corrected chi connectivity index (χ3v) is 5.86. The molecule has 0 aliphatic carbocycles. The van der Waals surface area contributed by atoms with Gasteiger partial charge >= 0.3 is 0 Å². The fourth-order valence-electron chi connectivity index (χ4n) is 3.37. The second-order valence-electron chi connectivity index (χ2n) is 6.08. The van der Waals surface area contributed by atoms with Crippen molar-refractivity contribution < 1.29 is 13.2 Å². The van der Waals surface area contributed by atoms with E-state index in [1.54, 1.807) is 0 Å². The van der Waals surface area contributed by atoms with Crippen molar-refractivity contribution in [1.82, 2.24) is 14.5 Å². The van der Waals surface area contributed by atoms with Crippen molar-refractivity contribution >= 4 is 15.9 Å². The third-order valence-electron chi connectivity index (χ3n) is 4.57. The molecular weight excluding hydrogens is 290 g/mol. The SMILES string of the molecule is CCC(CNC(=O)C1CCCN1S(C)(=O)=O)N1CCCC1. The molecule has 2 rings (SSSR count). The number of amides is 1. The highest BCUT2D eigenvalue weighted by atomic mass is 32.2. The minimum Gasteiger partial charge on any atom is -0.353 e. The van der Waals surface area contributed by atoms with Gasteiger partial charge in [-0.1, -0.05) is 6.92 Å². The predicted octanol–water partition coefficient (Wildman–Crippen LogP) is 0.401. The van der Waals surface area contributed by atoms with E-state index in [1.165, 1.54) is 23.4 Å². The van der Waals surface area contributed by atoms with Gasteiger partial charge in [-0.25, -0.2) is 8.42 Å². The maximum atomic E-state index is 12.3. The lowest BCUT2D eigenvalue weighted by atomic mass is 10.1. The van der Waals surface area contributed by atoms with Gasteiger partial charge in [-0.05, 0) is 45.2 Å². The molecule has 2 unspecified atom stereocenters. The summed E-state index contributed by atoms with van der Waals surface area (Å²) in [6.45, 7) is 5.41. The number of rotatable bonds is 6. The Morgan fingerprint density at radius 3 is 2.48 bits per heavy atom. The third kappa shape index (κ3) is 4.17. The molecular formula is C14H27N3O3S. The second-order valence-corrected chi connectivity index (χ2v) is 8.02. The Bertz CT molecular complexity index is 460. The van der Waals surface area contributed by atoms with Gasteiger partial charge in [0.15, 0.2) is 0 Å². The Hall–Kier alpha value is -0.660. The minimum absolute atomic E-state index is 0.143. The first-order valence-electron chi connectivity index (χ1n) is 7.92. The molecule has 2 aliphatic heterocycles. The van der Waals surface area contributed by atoms with Crippen molar-refractivity contribution in [1.29, 1.82) is 0 Å². The van der Waals surface area contributed by atoms with Crippen molar-refractivity contribution in [2.45, 2.75) is 51.1 Å². The van der Waals surface area contributed by atoms with E-state index >= 15 is 0 Å². The van der Waals surface area contributed by atoms with Crippen molar-refractivity contribution in [2.75, 3.05) is 32.4 Å². The largest absolute Gasteiger partial charge is 0.353 e. The molecule has 0 saturated carbocycles. The highest BCUT2D eigenvalue weighted by Gasteiger charge is 2.36. The molecule has 2 aliphatic rings. The number of likely N-dealkylation sites (tertiary alicyclic amines) is 1. The van der Waals surface area contributed by atoms with Gasteiger partial charge in [0.2, 0.25) is 15.9 Å². The Balaban J connectivity index is 1.88. The van der Waals surface area contributed by atoms with Gasteiger partial charge < -0.3 is 5.32 Å². The Kier molecular flexibility index (Phi) is 5.62. The van der Waals surface area contributed by atoms with E-state index in [0.717, 1.165) is 25.9 Å². The maximum absolute atomic E-state index is 12.3. The van der Waals surface area contributed by atoms with Crippen LogP contribution in [-0.4, -0.2) is 68.0 Å². The summed E-state index contributed by atoms with van der Waals surface area (Å²) in [6.07, 6.45) is 6.02. The molecule has 122 valence electrons. The van der Waals surface area contributed by atoms with Crippen LogP contribution in [0.15, 0.2) is 0 Å². The van der Waals surface area contributed by atoms with E-state index < -0.39 is 16.1 Å². The molecule has 2 saturated heterocycles. The molecule has 21 heavy (non-hydrogen) atoms. The molecule has 2 heterocycles. The van der Waals surface area contributed by atoms with Gasteiger partial charge in [0.1, 0.15) is 6.04 Å². The zero-order valence-corrected chi connectivity index (χ0v) is 13.9. The lowest BCUT2D eigenvalue weighted by molar-refractivity contribution is -0.124. The van der Waals surface area contributed by atoms with Gasteiger partial charge in [-0.2, -0.15) is 4.31 Å². The van der Waals surface area contributed by atoms with Crippen LogP contribution >= 0.6 is 0 Å². The van der Waals surface area contributed by atoms with Crippen LogP contribution in [0.1, 0.15) is 39.0 Å². The molecule has 1 amide bonds. The van der Waals surface area contributed by atoms with Crippen LogP contribution in [0, 0.1) is 0 Å². The van der Waals surface area contributed by atoms with E-state index in [4.69, 9.17) is 0 Å². The zero-order chi connectivity index (χ0) is 15.5. The Morgan fingerprint density at radius 1 is 1.24 bits per heavy atom. The first kappa shape index (κ1) is 16.7. The normalized spacial score (nSPS) is 26.1. The van der Waals surface area contributed by atoms with Crippen LogP contribution in [0.3, 0.4) is 0 Å². The highest BCUT2D eigenvalue weighted by molar-refractivity contribution is 7.88. The number of carbonyl (C=O) groups is 1. The van der Waals surface area contributed by atoms with Gasteiger partial charge in [0, 0.05) is 19.1 Å². The van der Waals surface area contributed by atoms with Crippen molar-refractivity contribution in [2.24, 2.45) is 0 Å². The van der Waals surface area contributed by atoms with E-state index in [9.17, 15) is 13.2 Å². The maximum Gasteiger partial charge on any atom is 0.238 e.